The first kappa shape index (κ1) is 24.4. The zero-order valence-electron chi connectivity index (χ0n) is 22.4. The first-order valence-electron chi connectivity index (χ1n) is 13.4. The van der Waals surface area contributed by atoms with Gasteiger partial charge in [-0.15, -0.1) is 0 Å². The molecule has 1 fully saturated rings. The van der Waals surface area contributed by atoms with E-state index in [2.05, 4.69) is 29.2 Å². The number of carbonyl (C=O) groups is 1. The van der Waals surface area contributed by atoms with Gasteiger partial charge in [-0.3, -0.25) is 18.9 Å². The van der Waals surface area contributed by atoms with Crippen LogP contribution < -0.4 is 15.0 Å². The number of hydrogen-bond acceptors (Lipinski definition) is 6. The lowest BCUT2D eigenvalue weighted by atomic mass is 10.1. The van der Waals surface area contributed by atoms with E-state index in [4.69, 9.17) is 14.5 Å². The molecule has 8 heteroatoms. The Morgan fingerprint density at radius 1 is 0.850 bits per heavy atom. The molecular formula is C32H28N4O4. The summed E-state index contributed by atoms with van der Waals surface area (Å²) in [6, 6.07) is 23.6. The largest absolute Gasteiger partial charge is 0.493 e. The Balaban J connectivity index is 1.35. The number of methoxy groups -OCH3 is 2. The van der Waals surface area contributed by atoms with Crippen LogP contribution in [0.15, 0.2) is 77.6 Å². The van der Waals surface area contributed by atoms with Gasteiger partial charge in [-0.1, -0.05) is 48.5 Å². The van der Waals surface area contributed by atoms with E-state index in [0.29, 0.717) is 52.1 Å². The fourth-order valence-electron chi connectivity index (χ4n) is 6.06. The maximum absolute atomic E-state index is 14.0. The molecule has 3 aromatic carbocycles. The van der Waals surface area contributed by atoms with Gasteiger partial charge in [0.05, 0.1) is 36.2 Å². The maximum Gasteiger partial charge on any atom is 0.272 e. The van der Waals surface area contributed by atoms with Gasteiger partial charge in [0.25, 0.3) is 11.5 Å². The van der Waals surface area contributed by atoms with Crippen molar-refractivity contribution in [1.29, 1.82) is 0 Å². The van der Waals surface area contributed by atoms with E-state index in [9.17, 15) is 9.59 Å². The Morgan fingerprint density at radius 2 is 1.60 bits per heavy atom. The molecule has 1 saturated heterocycles. The molecule has 40 heavy (non-hydrogen) atoms. The van der Waals surface area contributed by atoms with Gasteiger partial charge in [-0.25, -0.2) is 4.98 Å². The minimum atomic E-state index is -0.208. The molecule has 1 amide bonds. The van der Waals surface area contributed by atoms with E-state index in [-0.39, 0.29) is 11.5 Å². The van der Waals surface area contributed by atoms with Crippen molar-refractivity contribution >= 4 is 44.0 Å². The van der Waals surface area contributed by atoms with Crippen LogP contribution in [0.2, 0.25) is 0 Å². The van der Waals surface area contributed by atoms with Gasteiger partial charge in [-0.2, -0.15) is 0 Å². The zero-order valence-corrected chi connectivity index (χ0v) is 22.4. The van der Waals surface area contributed by atoms with Crippen LogP contribution >= 0.6 is 0 Å². The fraction of sp³-hybridized carbons (Fsp3) is 0.219. The number of nitrogens with zero attached hydrogens (tertiary/aromatic N) is 4. The van der Waals surface area contributed by atoms with E-state index >= 15 is 0 Å². The average molecular weight is 533 g/mol. The number of ether oxygens (including phenoxy) is 2. The molecule has 1 aliphatic heterocycles. The second-order valence-electron chi connectivity index (χ2n) is 10.2. The van der Waals surface area contributed by atoms with Gasteiger partial charge in [0.1, 0.15) is 5.69 Å². The highest BCUT2D eigenvalue weighted by Gasteiger charge is 2.27. The highest BCUT2D eigenvalue weighted by Crippen LogP contribution is 2.39. The summed E-state index contributed by atoms with van der Waals surface area (Å²) in [6.07, 6.45) is 0. The van der Waals surface area contributed by atoms with Crippen LogP contribution in [0.3, 0.4) is 0 Å². The summed E-state index contributed by atoms with van der Waals surface area (Å²) in [4.78, 5) is 37.0. The van der Waals surface area contributed by atoms with Gasteiger partial charge < -0.3 is 14.4 Å². The quantitative estimate of drug-likeness (QED) is 0.303. The molecule has 1 aliphatic rings. The minimum absolute atomic E-state index is 0.103. The van der Waals surface area contributed by atoms with Crippen molar-refractivity contribution in [2.75, 3.05) is 40.4 Å². The summed E-state index contributed by atoms with van der Waals surface area (Å²) in [6.45, 7) is 3.71. The van der Waals surface area contributed by atoms with Crippen molar-refractivity contribution in [2.24, 2.45) is 0 Å². The second kappa shape index (κ2) is 9.50. The fourth-order valence-corrected chi connectivity index (χ4v) is 6.06. The zero-order chi connectivity index (χ0) is 27.4. The number of aromatic nitrogens is 2. The van der Waals surface area contributed by atoms with Crippen LogP contribution in [0.4, 0.5) is 0 Å². The monoisotopic (exact) mass is 532 g/mol. The number of benzene rings is 3. The molecule has 7 rings (SSSR count). The van der Waals surface area contributed by atoms with Crippen molar-refractivity contribution in [2.45, 2.75) is 6.54 Å². The second-order valence-corrected chi connectivity index (χ2v) is 10.2. The SMILES string of the molecule is COc1ccc2c(c1OC)c(=O)n1c3ccccc3c3cc(C(=O)N4CCN(Cc5ccccc5)CC4)nc2c31. The average Bonchev–Trinajstić information content (AvgIpc) is 3.34. The third-order valence-corrected chi connectivity index (χ3v) is 8.00. The number of para-hydroxylation sites is 1. The Labute approximate surface area is 230 Å². The van der Waals surface area contributed by atoms with Crippen LogP contribution in [0.25, 0.3) is 38.1 Å². The van der Waals surface area contributed by atoms with Gasteiger partial charge >= 0.3 is 0 Å². The Hall–Kier alpha value is -4.69. The van der Waals surface area contributed by atoms with E-state index in [1.165, 1.54) is 12.7 Å². The topological polar surface area (TPSA) is 76.4 Å². The Bertz CT molecular complexity index is 1960. The molecule has 200 valence electrons. The number of fused-ring (bicyclic) bond motifs is 5. The molecule has 6 aromatic rings. The van der Waals surface area contributed by atoms with Crippen molar-refractivity contribution < 1.29 is 14.3 Å². The van der Waals surface area contributed by atoms with Crippen LogP contribution in [0.5, 0.6) is 11.5 Å². The highest BCUT2D eigenvalue weighted by atomic mass is 16.5. The number of hydrogen-bond donors (Lipinski definition) is 0. The first-order valence-corrected chi connectivity index (χ1v) is 13.4. The maximum atomic E-state index is 14.0. The Kier molecular flexibility index (Phi) is 5.78. The number of rotatable bonds is 5. The van der Waals surface area contributed by atoms with Gasteiger partial charge in [0.15, 0.2) is 11.5 Å². The van der Waals surface area contributed by atoms with E-state index in [0.717, 1.165) is 35.9 Å². The molecule has 0 N–H and O–H groups in total. The van der Waals surface area contributed by atoms with Crippen molar-refractivity contribution in [3.8, 4) is 11.5 Å². The molecule has 0 aliphatic carbocycles. The van der Waals surface area contributed by atoms with Gasteiger partial charge in [0.2, 0.25) is 0 Å². The highest BCUT2D eigenvalue weighted by molar-refractivity contribution is 6.21. The summed E-state index contributed by atoms with van der Waals surface area (Å²) >= 11 is 0. The number of carbonyl (C=O) groups excluding carboxylic acids is 1. The number of pyridine rings is 2. The lowest BCUT2D eigenvalue weighted by Gasteiger charge is -2.34. The predicted molar refractivity (Wildman–Crippen MR) is 156 cm³/mol. The van der Waals surface area contributed by atoms with E-state index in [1.54, 1.807) is 17.6 Å². The number of piperazine rings is 1. The van der Waals surface area contributed by atoms with Crippen LogP contribution in [-0.2, 0) is 6.54 Å². The number of amides is 1. The summed E-state index contributed by atoms with van der Waals surface area (Å²) in [7, 11) is 3.07. The first-order chi connectivity index (χ1) is 19.6. The molecule has 8 nitrogen and oxygen atoms in total. The van der Waals surface area contributed by atoms with Crippen molar-refractivity contribution in [3.63, 3.8) is 0 Å². The lowest BCUT2D eigenvalue weighted by molar-refractivity contribution is 0.0623. The molecule has 0 radical (unpaired) electrons. The van der Waals surface area contributed by atoms with Gasteiger partial charge in [0, 0.05) is 48.9 Å². The summed E-state index contributed by atoms with van der Waals surface area (Å²) in [5.41, 5.74) is 3.49. The molecule has 0 atom stereocenters. The van der Waals surface area contributed by atoms with Crippen LogP contribution in [-0.4, -0.2) is 65.5 Å². The molecule has 0 unspecified atom stereocenters. The minimum Gasteiger partial charge on any atom is -0.493 e. The van der Waals surface area contributed by atoms with E-state index in [1.807, 2.05) is 47.4 Å². The molecule has 0 bridgehead atoms. The molecular weight excluding hydrogens is 504 g/mol. The lowest BCUT2D eigenvalue weighted by Crippen LogP contribution is -2.48. The van der Waals surface area contributed by atoms with Gasteiger partial charge in [-0.05, 0) is 29.8 Å². The Morgan fingerprint density at radius 3 is 2.35 bits per heavy atom. The van der Waals surface area contributed by atoms with Crippen molar-refractivity contribution in [3.05, 3.63) is 94.4 Å². The standard InChI is InChI=1S/C32H28N4O4/c1-39-26-13-12-22-27(30(26)40-2)32(38)36-25-11-7-6-10-21(25)23-18-24(33-28(22)29(23)36)31(37)35-16-14-34(15-17-35)19-20-8-4-3-5-9-20/h3-13,18H,14-17,19H2,1-2H3. The third-order valence-electron chi connectivity index (χ3n) is 8.00. The molecule has 0 saturated carbocycles. The third kappa shape index (κ3) is 3.67. The van der Waals surface area contributed by atoms with E-state index < -0.39 is 0 Å². The molecule has 0 spiro atoms. The summed E-state index contributed by atoms with van der Waals surface area (Å²) in [5, 5.41) is 2.74. The molecule has 4 heterocycles. The van der Waals surface area contributed by atoms with Crippen molar-refractivity contribution in [1.82, 2.24) is 19.2 Å². The smallest absolute Gasteiger partial charge is 0.272 e. The normalized spacial score (nSPS) is 14.5. The van der Waals surface area contributed by atoms with Crippen LogP contribution in [0, 0.1) is 0 Å². The summed E-state index contributed by atoms with van der Waals surface area (Å²) in [5.74, 6) is 0.717. The van der Waals surface area contributed by atoms with Crippen LogP contribution in [0.1, 0.15) is 16.1 Å². The molecule has 3 aromatic heterocycles. The predicted octanol–water partition coefficient (Wildman–Crippen LogP) is 4.57. The summed E-state index contributed by atoms with van der Waals surface area (Å²) < 4.78 is 12.8.